The number of nitrogens with one attached hydrogen (secondary N) is 3. The molecule has 0 bridgehead atoms. The zero-order valence-electron chi connectivity index (χ0n) is 19.9. The molecule has 10 nitrogen and oxygen atoms in total. The van der Waals surface area contributed by atoms with E-state index in [-0.39, 0.29) is 28.6 Å². The number of halogens is 6. The second kappa shape index (κ2) is 9.63. The van der Waals surface area contributed by atoms with Crippen LogP contribution in [0.2, 0.25) is 0 Å². The van der Waals surface area contributed by atoms with Gasteiger partial charge in [0.05, 0.1) is 12.3 Å². The molecule has 0 radical (unpaired) electrons. The van der Waals surface area contributed by atoms with Gasteiger partial charge in [0.2, 0.25) is 5.95 Å². The van der Waals surface area contributed by atoms with Crippen molar-refractivity contribution in [3.05, 3.63) is 35.4 Å². The summed E-state index contributed by atoms with van der Waals surface area (Å²) >= 11 is 0. The number of aromatic nitrogens is 5. The minimum Gasteiger partial charge on any atom is -0.443 e. The van der Waals surface area contributed by atoms with Crippen LogP contribution in [0.25, 0.3) is 5.65 Å². The lowest BCUT2D eigenvalue weighted by molar-refractivity contribution is -0.330. The Morgan fingerprint density at radius 3 is 2.71 bits per heavy atom. The van der Waals surface area contributed by atoms with E-state index in [2.05, 4.69) is 35.5 Å². The van der Waals surface area contributed by atoms with Gasteiger partial charge >= 0.3 is 12.5 Å². The fourth-order valence-electron chi connectivity index (χ4n) is 4.29. The third-order valence-electron chi connectivity index (χ3n) is 6.53. The lowest BCUT2D eigenvalue weighted by Crippen LogP contribution is -2.38. The van der Waals surface area contributed by atoms with Crippen molar-refractivity contribution in [2.24, 2.45) is 0 Å². The first-order chi connectivity index (χ1) is 17.9. The van der Waals surface area contributed by atoms with Gasteiger partial charge in [-0.15, -0.1) is 13.2 Å². The van der Waals surface area contributed by atoms with E-state index in [4.69, 9.17) is 4.74 Å². The molecule has 2 saturated carbocycles. The minimum absolute atomic E-state index is 0.0905. The Balaban J connectivity index is 1.30. The number of carbonyl (C=O) groups excluding carboxylic acids is 1. The molecule has 0 unspecified atom stereocenters. The molecule has 3 aromatic rings. The summed E-state index contributed by atoms with van der Waals surface area (Å²) in [7, 11) is 0. The van der Waals surface area contributed by atoms with Crippen LogP contribution in [-0.2, 0) is 16.1 Å². The molecule has 0 saturated heterocycles. The second-order valence-electron chi connectivity index (χ2n) is 9.59. The highest BCUT2D eigenvalue weighted by Crippen LogP contribution is 2.39. The smallest absolute Gasteiger partial charge is 0.443 e. The van der Waals surface area contributed by atoms with Crippen LogP contribution in [0, 0.1) is 0 Å². The number of alkyl carbamates (subject to hydrolysis) is 1. The molecule has 3 atom stereocenters. The average Bonchev–Trinajstić information content (AvgIpc) is 3.19. The van der Waals surface area contributed by atoms with Crippen molar-refractivity contribution in [1.82, 2.24) is 29.9 Å². The quantitative estimate of drug-likeness (QED) is 0.339. The Bertz CT molecular complexity index is 1320. The number of imidazole rings is 1. The van der Waals surface area contributed by atoms with E-state index in [1.54, 1.807) is 0 Å². The van der Waals surface area contributed by atoms with Crippen molar-refractivity contribution in [3.63, 3.8) is 0 Å². The monoisotopic (exact) mass is 547 g/mol. The normalized spacial score (nSPS) is 22.7. The first kappa shape index (κ1) is 26.1. The molecule has 2 aliphatic carbocycles. The van der Waals surface area contributed by atoms with Crippen molar-refractivity contribution in [2.75, 3.05) is 5.32 Å². The fraction of sp³-hybridized carbons (Fsp3) is 0.545. The van der Waals surface area contributed by atoms with Gasteiger partial charge in [-0.05, 0) is 32.6 Å². The van der Waals surface area contributed by atoms with E-state index >= 15 is 4.39 Å². The summed E-state index contributed by atoms with van der Waals surface area (Å²) in [5, 5.41) is 12.2. The topological polar surface area (TPSA) is 118 Å². The van der Waals surface area contributed by atoms with Gasteiger partial charge in [-0.3, -0.25) is 14.2 Å². The number of hydrogen-bond acceptors (Lipinski definition) is 7. The molecule has 0 aliphatic heterocycles. The first-order valence-electron chi connectivity index (χ1n) is 11.7. The molecule has 0 spiro atoms. The summed E-state index contributed by atoms with van der Waals surface area (Å²) in [6.45, 7) is 0.944. The zero-order valence-corrected chi connectivity index (χ0v) is 19.9. The third-order valence-corrected chi connectivity index (χ3v) is 6.53. The predicted octanol–water partition coefficient (Wildman–Crippen LogP) is 5.03. The number of anilines is 2. The van der Waals surface area contributed by atoms with Crippen LogP contribution < -0.4 is 10.6 Å². The SMILES string of the molecule is CC1(NC(=O)O[C@@H]2CC[C@H](c3cc(Nc4nc(C(F)F)cc5nc(COC(F)(F)F)cn45)n[nH]3)[C@@H]2F)CC1. The summed E-state index contributed by atoms with van der Waals surface area (Å²) < 4.78 is 89.3. The molecule has 206 valence electrons. The van der Waals surface area contributed by atoms with Gasteiger partial charge in [-0.25, -0.2) is 27.9 Å². The van der Waals surface area contributed by atoms with E-state index in [1.165, 1.54) is 10.5 Å². The fourth-order valence-corrected chi connectivity index (χ4v) is 4.29. The number of rotatable bonds is 8. The maximum absolute atomic E-state index is 15.1. The summed E-state index contributed by atoms with van der Waals surface area (Å²) in [6.07, 6.45) is -7.49. The Hall–Kier alpha value is -3.56. The number of fused-ring (bicyclic) bond motifs is 1. The molecule has 1 amide bonds. The van der Waals surface area contributed by atoms with Crippen LogP contribution in [0.3, 0.4) is 0 Å². The Labute approximate surface area is 211 Å². The zero-order chi connectivity index (χ0) is 27.2. The summed E-state index contributed by atoms with van der Waals surface area (Å²) in [5.41, 5.74) is -0.840. The van der Waals surface area contributed by atoms with Crippen LogP contribution in [-0.4, -0.2) is 54.8 Å². The molecule has 38 heavy (non-hydrogen) atoms. The second-order valence-corrected chi connectivity index (χ2v) is 9.59. The van der Waals surface area contributed by atoms with Gasteiger partial charge in [0.25, 0.3) is 6.43 Å². The number of amides is 1. The number of aromatic amines is 1. The molecule has 3 heterocycles. The van der Waals surface area contributed by atoms with Gasteiger partial charge in [0.15, 0.2) is 5.82 Å². The number of nitrogens with zero attached hydrogens (tertiary/aromatic N) is 4. The molecule has 16 heteroatoms. The third kappa shape index (κ3) is 5.79. The molecule has 5 rings (SSSR count). The number of carbonyl (C=O) groups is 1. The number of hydrogen-bond donors (Lipinski definition) is 3. The number of alkyl halides is 6. The maximum atomic E-state index is 15.1. The number of H-pyrrole nitrogens is 1. The van der Waals surface area contributed by atoms with Gasteiger partial charge in [-0.1, -0.05) is 0 Å². The highest BCUT2D eigenvalue weighted by atomic mass is 19.4. The molecular weight excluding hydrogens is 524 g/mol. The Morgan fingerprint density at radius 2 is 2.03 bits per heavy atom. The van der Waals surface area contributed by atoms with Gasteiger partial charge in [0.1, 0.15) is 23.6 Å². The van der Waals surface area contributed by atoms with E-state index in [9.17, 15) is 26.7 Å². The lowest BCUT2D eigenvalue weighted by atomic mass is 10.0. The lowest BCUT2D eigenvalue weighted by Gasteiger charge is -2.19. The predicted molar refractivity (Wildman–Crippen MR) is 119 cm³/mol. The van der Waals surface area contributed by atoms with E-state index in [0.29, 0.717) is 18.5 Å². The van der Waals surface area contributed by atoms with Crippen LogP contribution in [0.5, 0.6) is 0 Å². The summed E-state index contributed by atoms with van der Waals surface area (Å²) in [4.78, 5) is 19.8. The minimum atomic E-state index is -4.90. The maximum Gasteiger partial charge on any atom is 0.522 e. The van der Waals surface area contributed by atoms with Gasteiger partial charge in [0, 0.05) is 35.5 Å². The van der Waals surface area contributed by atoms with E-state index in [1.807, 2.05) is 6.92 Å². The summed E-state index contributed by atoms with van der Waals surface area (Å²) in [5.74, 6) is -0.763. The van der Waals surface area contributed by atoms with Crippen LogP contribution >= 0.6 is 0 Å². The highest BCUT2D eigenvalue weighted by Gasteiger charge is 2.43. The van der Waals surface area contributed by atoms with Gasteiger partial charge < -0.3 is 15.4 Å². The van der Waals surface area contributed by atoms with Crippen molar-refractivity contribution < 1.29 is 40.6 Å². The Kier molecular flexibility index (Phi) is 6.61. The molecular formula is C22H23F6N7O3. The van der Waals surface area contributed by atoms with Crippen LogP contribution in [0.15, 0.2) is 18.3 Å². The van der Waals surface area contributed by atoms with Crippen molar-refractivity contribution in [1.29, 1.82) is 0 Å². The first-order valence-corrected chi connectivity index (χ1v) is 11.7. The van der Waals surface area contributed by atoms with Crippen molar-refractivity contribution >= 4 is 23.5 Å². The average molecular weight is 547 g/mol. The Morgan fingerprint density at radius 1 is 1.26 bits per heavy atom. The van der Waals surface area contributed by atoms with Crippen LogP contribution in [0.4, 0.5) is 42.9 Å². The molecule has 2 fully saturated rings. The molecule has 3 N–H and O–H groups in total. The molecule has 3 aromatic heterocycles. The van der Waals surface area contributed by atoms with Crippen molar-refractivity contribution in [2.45, 2.75) is 75.7 Å². The highest BCUT2D eigenvalue weighted by molar-refractivity contribution is 5.69. The summed E-state index contributed by atoms with van der Waals surface area (Å²) in [6, 6.07) is 2.40. The number of ether oxygens (including phenoxy) is 2. The molecule has 0 aromatic carbocycles. The van der Waals surface area contributed by atoms with E-state index < -0.39 is 49.4 Å². The van der Waals surface area contributed by atoms with Crippen molar-refractivity contribution in [3.8, 4) is 0 Å². The standard InChI is InChI=1S/C22H23F6N7O3/c1-21(4-5-21)32-20(36)38-14-3-2-11(17(14)23)12-6-15(34-33-12)31-19-30-13(18(24)25)7-16-29-10(8-35(16)19)9-37-22(26,27)28/h6-8,11,14,17-18H,2-5,9H2,1H3,(H,32,36)(H2,30,31,33,34)/t11-,14-,17+/m1/s1. The van der Waals surface area contributed by atoms with Crippen LogP contribution in [0.1, 0.15) is 62.0 Å². The molecule has 2 aliphatic rings. The largest absolute Gasteiger partial charge is 0.522 e. The van der Waals surface area contributed by atoms with Gasteiger partial charge in [-0.2, -0.15) is 5.10 Å². The van der Waals surface area contributed by atoms with E-state index in [0.717, 1.165) is 25.1 Å².